The number of halogens is 1. The Morgan fingerprint density at radius 1 is 1.44 bits per heavy atom. The van der Waals surface area contributed by atoms with Crippen LogP contribution < -0.4 is 10.6 Å². The quantitative estimate of drug-likeness (QED) is 0.782. The minimum absolute atomic E-state index is 0. The van der Waals surface area contributed by atoms with Crippen LogP contribution in [0.15, 0.2) is 0 Å². The molecule has 0 bridgehead atoms. The molecule has 0 aromatic rings. The number of amides is 2. The smallest absolute Gasteiger partial charge is 0.239 e. The largest absolute Gasteiger partial charge is 0.352 e. The number of carbonyl (C=O) groups excluding carboxylic acids is 2. The molecule has 2 amide bonds. The van der Waals surface area contributed by atoms with E-state index in [9.17, 15) is 9.59 Å². The van der Waals surface area contributed by atoms with Crippen LogP contribution in [-0.2, 0) is 9.59 Å². The Hall–Kier alpha value is -0.810. The molecule has 1 saturated heterocycles. The lowest BCUT2D eigenvalue weighted by Crippen LogP contribution is -2.46. The Kier molecular flexibility index (Phi) is 7.95. The van der Waals surface area contributed by atoms with Crippen LogP contribution in [0, 0.1) is 5.92 Å². The third-order valence-corrected chi connectivity index (χ3v) is 2.85. The fourth-order valence-electron chi connectivity index (χ4n) is 2.04. The molecule has 5 nitrogen and oxygen atoms in total. The van der Waals surface area contributed by atoms with Crippen LogP contribution in [-0.4, -0.2) is 49.4 Å². The highest BCUT2D eigenvalue weighted by atomic mass is 35.5. The molecule has 1 aliphatic heterocycles. The summed E-state index contributed by atoms with van der Waals surface area (Å²) in [5.74, 6) is -0.00340. The number of nitrogens with zero attached hydrogens (tertiary/aromatic N) is 1. The van der Waals surface area contributed by atoms with Crippen LogP contribution in [0.25, 0.3) is 0 Å². The predicted molar refractivity (Wildman–Crippen MR) is 73.8 cm³/mol. The van der Waals surface area contributed by atoms with Gasteiger partial charge in [0, 0.05) is 19.6 Å². The van der Waals surface area contributed by atoms with Gasteiger partial charge in [-0.15, -0.1) is 12.4 Å². The van der Waals surface area contributed by atoms with Crippen molar-refractivity contribution >= 4 is 24.2 Å². The summed E-state index contributed by atoms with van der Waals surface area (Å²) in [6.07, 6.45) is 1.95. The molecule has 18 heavy (non-hydrogen) atoms. The first-order chi connectivity index (χ1) is 8.00. The third kappa shape index (κ3) is 5.69. The minimum Gasteiger partial charge on any atom is -0.352 e. The van der Waals surface area contributed by atoms with Gasteiger partial charge in [-0.1, -0.05) is 0 Å². The monoisotopic (exact) mass is 277 g/mol. The molecule has 2 N–H and O–H groups in total. The number of hydrogen-bond acceptors (Lipinski definition) is 3. The van der Waals surface area contributed by atoms with Crippen molar-refractivity contribution in [2.24, 2.45) is 5.92 Å². The van der Waals surface area contributed by atoms with Gasteiger partial charge in [-0.25, -0.2) is 0 Å². The van der Waals surface area contributed by atoms with E-state index in [-0.39, 0.29) is 42.7 Å². The summed E-state index contributed by atoms with van der Waals surface area (Å²) in [6.45, 7) is 5.68. The highest BCUT2D eigenvalue weighted by molar-refractivity contribution is 5.86. The second-order valence-electron chi connectivity index (χ2n) is 4.96. The van der Waals surface area contributed by atoms with Gasteiger partial charge in [0.25, 0.3) is 0 Å². The van der Waals surface area contributed by atoms with Crippen LogP contribution in [0.1, 0.15) is 26.7 Å². The lowest BCUT2D eigenvalue weighted by atomic mass is 9.98. The maximum absolute atomic E-state index is 12.0. The van der Waals surface area contributed by atoms with Crippen molar-refractivity contribution in [3.63, 3.8) is 0 Å². The molecule has 1 unspecified atom stereocenters. The number of rotatable bonds is 4. The maximum atomic E-state index is 12.0. The molecule has 0 radical (unpaired) electrons. The van der Waals surface area contributed by atoms with Crippen molar-refractivity contribution in [3.8, 4) is 0 Å². The maximum Gasteiger partial charge on any atom is 0.239 e. The van der Waals surface area contributed by atoms with E-state index >= 15 is 0 Å². The van der Waals surface area contributed by atoms with Crippen LogP contribution >= 0.6 is 12.4 Å². The normalized spacial score (nSPS) is 19.0. The lowest BCUT2D eigenvalue weighted by molar-refractivity contribution is -0.138. The van der Waals surface area contributed by atoms with Crippen LogP contribution in [0.4, 0.5) is 0 Å². The highest BCUT2D eigenvalue weighted by Gasteiger charge is 2.24. The molecule has 0 aliphatic carbocycles. The molecule has 0 spiro atoms. The zero-order chi connectivity index (χ0) is 12.8. The Morgan fingerprint density at radius 2 is 2.11 bits per heavy atom. The molecule has 1 heterocycles. The molecule has 0 saturated carbocycles. The molecule has 0 aromatic heterocycles. The Bertz CT molecular complexity index is 278. The van der Waals surface area contributed by atoms with Crippen molar-refractivity contribution < 1.29 is 9.59 Å². The summed E-state index contributed by atoms with van der Waals surface area (Å²) in [4.78, 5) is 25.1. The van der Waals surface area contributed by atoms with Crippen molar-refractivity contribution in [1.29, 1.82) is 0 Å². The van der Waals surface area contributed by atoms with Gasteiger partial charge < -0.3 is 15.5 Å². The summed E-state index contributed by atoms with van der Waals surface area (Å²) in [5, 5.41) is 5.99. The second-order valence-corrected chi connectivity index (χ2v) is 4.96. The van der Waals surface area contributed by atoms with E-state index < -0.39 is 0 Å². The van der Waals surface area contributed by atoms with E-state index in [0.29, 0.717) is 0 Å². The fourth-order valence-corrected chi connectivity index (χ4v) is 2.04. The molecule has 0 aromatic carbocycles. The van der Waals surface area contributed by atoms with E-state index in [1.807, 2.05) is 13.8 Å². The van der Waals surface area contributed by atoms with E-state index in [1.165, 1.54) is 4.90 Å². The first kappa shape index (κ1) is 17.2. The first-order valence-electron chi connectivity index (χ1n) is 6.25. The van der Waals surface area contributed by atoms with E-state index in [0.717, 1.165) is 25.9 Å². The molecular weight excluding hydrogens is 254 g/mol. The molecule has 1 fully saturated rings. The van der Waals surface area contributed by atoms with Crippen LogP contribution in [0.2, 0.25) is 0 Å². The van der Waals surface area contributed by atoms with Gasteiger partial charge in [0.05, 0.1) is 12.5 Å². The van der Waals surface area contributed by atoms with Gasteiger partial charge in [-0.05, 0) is 33.2 Å². The molecule has 1 aliphatic rings. The van der Waals surface area contributed by atoms with Gasteiger partial charge in [0.2, 0.25) is 11.8 Å². The number of hydrogen-bond donors (Lipinski definition) is 2. The molecular formula is C12H24ClN3O2. The lowest BCUT2D eigenvalue weighted by Gasteiger charge is -2.26. The zero-order valence-corrected chi connectivity index (χ0v) is 12.2. The van der Waals surface area contributed by atoms with Gasteiger partial charge in [-0.2, -0.15) is 0 Å². The van der Waals surface area contributed by atoms with Gasteiger partial charge in [0.1, 0.15) is 0 Å². The molecule has 1 atom stereocenters. The van der Waals surface area contributed by atoms with Gasteiger partial charge in [-0.3, -0.25) is 9.59 Å². The Labute approximate surface area is 115 Å². The minimum atomic E-state index is -0.0976. The number of likely N-dealkylation sites (N-methyl/N-ethyl adjacent to an activating group) is 1. The summed E-state index contributed by atoms with van der Waals surface area (Å²) < 4.78 is 0. The second kappa shape index (κ2) is 8.32. The van der Waals surface area contributed by atoms with Crippen molar-refractivity contribution in [2.45, 2.75) is 32.7 Å². The highest BCUT2D eigenvalue weighted by Crippen LogP contribution is 2.12. The average Bonchev–Trinajstić information content (AvgIpc) is 2.28. The fraction of sp³-hybridized carbons (Fsp3) is 0.833. The molecule has 106 valence electrons. The summed E-state index contributed by atoms with van der Waals surface area (Å²) in [6, 6.07) is 0.113. The number of carbonyl (C=O) groups is 2. The standard InChI is InChI=1S/C12H23N3O2.ClH/c1-9(2)14-11(16)8-15(3)12(17)10-5-4-6-13-7-10;/h9-10,13H,4-8H2,1-3H3,(H,14,16);1H. The SMILES string of the molecule is CC(C)NC(=O)CN(C)C(=O)C1CCCNC1.Cl. The summed E-state index contributed by atoms with van der Waals surface area (Å²) >= 11 is 0. The Morgan fingerprint density at radius 3 is 2.61 bits per heavy atom. The number of piperidine rings is 1. The van der Waals surface area contributed by atoms with Crippen molar-refractivity contribution in [1.82, 2.24) is 15.5 Å². The first-order valence-corrected chi connectivity index (χ1v) is 6.25. The van der Waals surface area contributed by atoms with Gasteiger partial charge in [0.15, 0.2) is 0 Å². The van der Waals surface area contributed by atoms with Crippen molar-refractivity contribution in [3.05, 3.63) is 0 Å². The van der Waals surface area contributed by atoms with Crippen LogP contribution in [0.5, 0.6) is 0 Å². The average molecular weight is 278 g/mol. The van der Waals surface area contributed by atoms with E-state index in [4.69, 9.17) is 0 Å². The van der Waals surface area contributed by atoms with Gasteiger partial charge >= 0.3 is 0 Å². The zero-order valence-electron chi connectivity index (χ0n) is 11.4. The topological polar surface area (TPSA) is 61.4 Å². The Balaban J connectivity index is 0.00000289. The van der Waals surface area contributed by atoms with Crippen molar-refractivity contribution in [2.75, 3.05) is 26.7 Å². The summed E-state index contributed by atoms with van der Waals surface area (Å²) in [5.41, 5.74) is 0. The van der Waals surface area contributed by atoms with E-state index in [2.05, 4.69) is 10.6 Å². The number of nitrogens with one attached hydrogen (secondary N) is 2. The van der Waals surface area contributed by atoms with Crippen LogP contribution in [0.3, 0.4) is 0 Å². The van der Waals surface area contributed by atoms with E-state index in [1.54, 1.807) is 7.05 Å². The molecule has 6 heteroatoms. The third-order valence-electron chi connectivity index (χ3n) is 2.85. The molecule has 1 rings (SSSR count). The predicted octanol–water partition coefficient (Wildman–Crippen LogP) is 0.391. The summed E-state index contributed by atoms with van der Waals surface area (Å²) in [7, 11) is 1.69.